The predicted molar refractivity (Wildman–Crippen MR) is 132 cm³/mol. The van der Waals surface area contributed by atoms with Crippen molar-refractivity contribution in [2.75, 3.05) is 46.0 Å². The molecule has 36 heavy (non-hydrogen) atoms. The van der Waals surface area contributed by atoms with Crippen LogP contribution in [0.5, 0.6) is 11.5 Å². The number of hydrogen-bond donors (Lipinski definition) is 3. The second-order valence-corrected chi connectivity index (χ2v) is 7.04. The maximum absolute atomic E-state index is 9.43. The van der Waals surface area contributed by atoms with E-state index in [-0.39, 0.29) is 0 Å². The fraction of sp³-hybridized carbons (Fsp3) is 0.280. The summed E-state index contributed by atoms with van der Waals surface area (Å²) in [6, 6.07) is 11.3. The van der Waals surface area contributed by atoms with Gasteiger partial charge in [-0.2, -0.15) is 0 Å². The highest BCUT2D eigenvalue weighted by Gasteiger charge is 2.13. The Morgan fingerprint density at radius 3 is 2.14 bits per heavy atom. The minimum atomic E-state index is -1.31. The Hall–Kier alpha value is -4.40. The van der Waals surface area contributed by atoms with Gasteiger partial charge in [-0.15, -0.1) is 6.42 Å². The van der Waals surface area contributed by atoms with Gasteiger partial charge in [0.05, 0.1) is 18.7 Å². The van der Waals surface area contributed by atoms with Gasteiger partial charge in [-0.05, 0) is 24.3 Å². The highest BCUT2D eigenvalue weighted by molar-refractivity contribution is 5.93. The van der Waals surface area contributed by atoms with Gasteiger partial charge >= 0.3 is 11.9 Å². The average molecular weight is 498 g/mol. The SMILES string of the molecule is C#Cc1cccc(Nc2ncnc3cc(OCCOC)c(OCCOC)cc23)c1.O=C(O)CC(=O)O. The Labute approximate surface area is 208 Å². The predicted octanol–water partition coefficient (Wildman–Crippen LogP) is 2.95. The van der Waals surface area contributed by atoms with Crippen LogP contribution < -0.4 is 14.8 Å². The summed E-state index contributed by atoms with van der Waals surface area (Å²) in [5.74, 6) is 1.82. The molecule has 2 aromatic carbocycles. The first-order valence-corrected chi connectivity index (χ1v) is 10.7. The maximum atomic E-state index is 9.43. The molecule has 0 bridgehead atoms. The van der Waals surface area contributed by atoms with Crippen molar-refractivity contribution in [2.45, 2.75) is 6.42 Å². The summed E-state index contributed by atoms with van der Waals surface area (Å²) in [6.07, 6.45) is 6.19. The molecule has 3 aromatic rings. The molecule has 3 rings (SSSR count). The van der Waals surface area contributed by atoms with Crippen molar-refractivity contribution in [1.29, 1.82) is 0 Å². The number of aliphatic carboxylic acids is 2. The number of carboxylic acids is 2. The summed E-state index contributed by atoms with van der Waals surface area (Å²) in [5.41, 5.74) is 2.34. The Morgan fingerprint density at radius 1 is 0.944 bits per heavy atom. The fourth-order valence-corrected chi connectivity index (χ4v) is 2.81. The second kappa shape index (κ2) is 14.8. The number of rotatable bonds is 12. The molecule has 0 radical (unpaired) electrons. The smallest absolute Gasteiger partial charge is 0.314 e. The van der Waals surface area contributed by atoms with Gasteiger partial charge in [0.25, 0.3) is 0 Å². The van der Waals surface area contributed by atoms with E-state index < -0.39 is 18.4 Å². The number of nitrogens with zero attached hydrogens (tertiary/aromatic N) is 2. The van der Waals surface area contributed by atoms with Gasteiger partial charge in [0, 0.05) is 36.9 Å². The normalized spacial score (nSPS) is 10.0. The van der Waals surface area contributed by atoms with E-state index >= 15 is 0 Å². The van der Waals surface area contributed by atoms with E-state index in [4.69, 9.17) is 35.6 Å². The molecule has 0 unspecified atom stereocenters. The molecule has 0 aliphatic carbocycles. The van der Waals surface area contributed by atoms with Crippen molar-refractivity contribution < 1.29 is 38.7 Å². The summed E-state index contributed by atoms with van der Waals surface area (Å²) >= 11 is 0. The number of benzene rings is 2. The van der Waals surface area contributed by atoms with Gasteiger partial charge in [-0.3, -0.25) is 9.59 Å². The second-order valence-electron chi connectivity index (χ2n) is 7.04. The Balaban J connectivity index is 0.000000572. The minimum absolute atomic E-state index is 0.392. The lowest BCUT2D eigenvalue weighted by atomic mass is 10.2. The number of ether oxygens (including phenoxy) is 4. The van der Waals surface area contributed by atoms with Gasteiger partial charge in [0.2, 0.25) is 0 Å². The number of fused-ring (bicyclic) bond motifs is 1. The molecule has 0 saturated heterocycles. The molecule has 11 heteroatoms. The zero-order valence-corrected chi connectivity index (χ0v) is 19.9. The van der Waals surface area contributed by atoms with Gasteiger partial charge in [0.15, 0.2) is 11.5 Å². The number of aromatic nitrogens is 2. The number of anilines is 2. The third-order valence-corrected chi connectivity index (χ3v) is 4.39. The van der Waals surface area contributed by atoms with Crippen molar-refractivity contribution >= 4 is 34.3 Å². The number of methoxy groups -OCH3 is 2. The number of nitrogens with one attached hydrogen (secondary N) is 1. The third kappa shape index (κ3) is 9.09. The van der Waals surface area contributed by atoms with Crippen LogP contribution in [0.25, 0.3) is 10.9 Å². The van der Waals surface area contributed by atoms with Gasteiger partial charge < -0.3 is 34.5 Å². The Bertz CT molecular complexity index is 1200. The lowest BCUT2D eigenvalue weighted by Crippen LogP contribution is -2.09. The number of hydrogen-bond acceptors (Lipinski definition) is 9. The number of terminal acetylenes is 1. The van der Waals surface area contributed by atoms with Crippen LogP contribution in [-0.2, 0) is 19.1 Å². The molecule has 0 fully saturated rings. The van der Waals surface area contributed by atoms with E-state index in [2.05, 4.69) is 21.2 Å². The lowest BCUT2D eigenvalue weighted by Gasteiger charge is -2.15. The molecule has 0 atom stereocenters. The van der Waals surface area contributed by atoms with Crippen LogP contribution in [0.15, 0.2) is 42.7 Å². The molecule has 190 valence electrons. The van der Waals surface area contributed by atoms with E-state index in [0.717, 1.165) is 22.2 Å². The zero-order chi connectivity index (χ0) is 26.3. The molecule has 0 aliphatic heterocycles. The molecule has 0 amide bonds. The Kier molecular flexibility index (Phi) is 11.4. The number of carboxylic acid groups (broad SMARTS) is 2. The van der Waals surface area contributed by atoms with Crippen LogP contribution >= 0.6 is 0 Å². The van der Waals surface area contributed by atoms with Crippen molar-refractivity contribution in [3.05, 3.63) is 48.3 Å². The first-order chi connectivity index (χ1) is 17.4. The molecule has 0 saturated carbocycles. The number of carbonyl (C=O) groups is 2. The molecule has 0 aliphatic rings. The van der Waals surface area contributed by atoms with Crippen LogP contribution in [-0.4, -0.2) is 72.8 Å². The highest BCUT2D eigenvalue weighted by Crippen LogP contribution is 2.35. The standard InChI is InChI=1S/C22H23N3O4.C3H4O4/c1-4-16-6-5-7-17(12-16)25-22-18-13-20(28-10-8-26-2)21(29-11-9-27-3)14-19(18)23-15-24-22;4-2(5)1-3(6)7/h1,5-7,12-15H,8-11H2,2-3H3,(H,23,24,25);1H2,(H,4,5)(H,6,7). The largest absolute Gasteiger partial charge is 0.487 e. The third-order valence-electron chi connectivity index (χ3n) is 4.39. The van der Waals surface area contributed by atoms with Crippen LogP contribution in [0.1, 0.15) is 12.0 Å². The molecule has 0 spiro atoms. The van der Waals surface area contributed by atoms with Gasteiger partial charge in [-0.25, -0.2) is 9.97 Å². The van der Waals surface area contributed by atoms with Crippen molar-refractivity contribution in [1.82, 2.24) is 9.97 Å². The average Bonchev–Trinajstić information content (AvgIpc) is 2.84. The van der Waals surface area contributed by atoms with Crippen molar-refractivity contribution in [3.8, 4) is 23.8 Å². The van der Waals surface area contributed by atoms with E-state index in [1.54, 1.807) is 14.2 Å². The van der Waals surface area contributed by atoms with E-state index in [9.17, 15) is 9.59 Å². The quantitative estimate of drug-likeness (QED) is 0.193. The topological polar surface area (TPSA) is 149 Å². The molecule has 1 aromatic heterocycles. The van der Waals surface area contributed by atoms with Gasteiger partial charge in [-0.1, -0.05) is 12.0 Å². The molecule has 11 nitrogen and oxygen atoms in total. The van der Waals surface area contributed by atoms with Crippen LogP contribution in [0.3, 0.4) is 0 Å². The summed E-state index contributed by atoms with van der Waals surface area (Å²) in [4.78, 5) is 27.6. The van der Waals surface area contributed by atoms with Gasteiger partial charge in [0.1, 0.15) is 31.8 Å². The molecular weight excluding hydrogens is 470 g/mol. The monoisotopic (exact) mass is 497 g/mol. The summed E-state index contributed by atoms with van der Waals surface area (Å²) < 4.78 is 21.8. The van der Waals surface area contributed by atoms with Crippen LogP contribution in [0.2, 0.25) is 0 Å². The minimum Gasteiger partial charge on any atom is -0.487 e. The summed E-state index contributed by atoms with van der Waals surface area (Å²) in [7, 11) is 3.25. The Morgan fingerprint density at radius 2 is 1.58 bits per heavy atom. The van der Waals surface area contributed by atoms with E-state index in [0.29, 0.717) is 43.7 Å². The zero-order valence-electron chi connectivity index (χ0n) is 19.9. The lowest BCUT2D eigenvalue weighted by molar-refractivity contribution is -0.147. The maximum Gasteiger partial charge on any atom is 0.314 e. The van der Waals surface area contributed by atoms with Crippen LogP contribution in [0.4, 0.5) is 11.5 Å². The van der Waals surface area contributed by atoms with Crippen LogP contribution in [0, 0.1) is 12.3 Å². The fourth-order valence-electron chi connectivity index (χ4n) is 2.81. The van der Waals surface area contributed by atoms with E-state index in [1.165, 1.54) is 6.33 Å². The van der Waals surface area contributed by atoms with Crippen molar-refractivity contribution in [3.63, 3.8) is 0 Å². The van der Waals surface area contributed by atoms with E-state index in [1.807, 2.05) is 36.4 Å². The molecule has 3 N–H and O–H groups in total. The summed E-state index contributed by atoms with van der Waals surface area (Å²) in [6.45, 7) is 1.73. The first-order valence-electron chi connectivity index (χ1n) is 10.7. The van der Waals surface area contributed by atoms with Crippen molar-refractivity contribution in [2.24, 2.45) is 0 Å². The molecule has 1 heterocycles. The first kappa shape index (κ1) is 27.8. The molecular formula is C25H27N3O8. The summed E-state index contributed by atoms with van der Waals surface area (Å²) in [5, 5.41) is 19.5. The highest BCUT2D eigenvalue weighted by atomic mass is 16.5.